The zero-order chi connectivity index (χ0) is 16.8. The molecule has 0 aromatic heterocycles. The van der Waals surface area contributed by atoms with Crippen molar-refractivity contribution in [3.63, 3.8) is 0 Å². The van der Waals surface area contributed by atoms with E-state index >= 15 is 0 Å². The average molecular weight is 311 g/mol. The molecule has 4 heteroatoms. The number of carbonyl (C=O) groups is 2. The van der Waals surface area contributed by atoms with E-state index < -0.39 is 5.97 Å². The van der Waals surface area contributed by atoms with Crippen LogP contribution in [0, 0.1) is 5.92 Å². The van der Waals surface area contributed by atoms with E-state index in [0.29, 0.717) is 29.2 Å². The maximum atomic E-state index is 12.4. The van der Waals surface area contributed by atoms with Gasteiger partial charge in [0.05, 0.1) is 5.56 Å². The minimum atomic E-state index is -1.00. The van der Waals surface area contributed by atoms with Crippen molar-refractivity contribution in [3.8, 4) is 11.1 Å². The largest absolute Gasteiger partial charge is 0.478 e. The summed E-state index contributed by atoms with van der Waals surface area (Å²) in [6.45, 7) is 4.80. The summed E-state index contributed by atoms with van der Waals surface area (Å²) in [6, 6.07) is 13.8. The molecule has 2 rings (SSSR count). The van der Waals surface area contributed by atoms with E-state index in [1.807, 2.05) is 0 Å². The maximum absolute atomic E-state index is 12.4. The number of carbonyl (C=O) groups excluding carboxylic acids is 1. The summed E-state index contributed by atoms with van der Waals surface area (Å²) in [6.07, 6.45) is 0.902. The number of aromatic carboxylic acids is 1. The Labute approximate surface area is 136 Å². The number of carboxylic acids is 1. The number of amides is 1. The van der Waals surface area contributed by atoms with Crippen LogP contribution in [0.4, 0.5) is 0 Å². The first-order valence-corrected chi connectivity index (χ1v) is 7.70. The SMILES string of the molecule is CC(C)CCNC(=O)c1ccccc1-c1ccccc1C(=O)O. The molecule has 4 nitrogen and oxygen atoms in total. The molecule has 0 spiro atoms. The third-order valence-corrected chi connectivity index (χ3v) is 3.63. The van der Waals surface area contributed by atoms with Gasteiger partial charge in [-0.3, -0.25) is 4.79 Å². The molecule has 1 amide bonds. The quantitative estimate of drug-likeness (QED) is 0.852. The molecule has 0 atom stereocenters. The molecule has 0 aliphatic heterocycles. The minimum Gasteiger partial charge on any atom is -0.478 e. The summed E-state index contributed by atoms with van der Waals surface area (Å²) < 4.78 is 0. The van der Waals surface area contributed by atoms with Crippen LogP contribution >= 0.6 is 0 Å². The highest BCUT2D eigenvalue weighted by Gasteiger charge is 2.17. The zero-order valence-electron chi connectivity index (χ0n) is 13.4. The predicted molar refractivity (Wildman–Crippen MR) is 90.6 cm³/mol. The Kier molecular flexibility index (Phi) is 5.52. The fourth-order valence-electron chi connectivity index (χ4n) is 2.39. The average Bonchev–Trinajstić information content (AvgIpc) is 2.54. The Balaban J connectivity index is 2.35. The lowest BCUT2D eigenvalue weighted by Gasteiger charge is -2.13. The molecule has 0 fully saturated rings. The van der Waals surface area contributed by atoms with Gasteiger partial charge < -0.3 is 10.4 Å². The summed E-state index contributed by atoms with van der Waals surface area (Å²) >= 11 is 0. The van der Waals surface area contributed by atoms with E-state index in [2.05, 4.69) is 19.2 Å². The van der Waals surface area contributed by atoms with Gasteiger partial charge in [0, 0.05) is 12.1 Å². The lowest BCUT2D eigenvalue weighted by molar-refractivity contribution is 0.0697. The molecule has 2 aromatic rings. The lowest BCUT2D eigenvalue weighted by atomic mass is 9.95. The van der Waals surface area contributed by atoms with E-state index in [9.17, 15) is 14.7 Å². The molecule has 120 valence electrons. The van der Waals surface area contributed by atoms with Crippen molar-refractivity contribution in [2.24, 2.45) is 5.92 Å². The smallest absolute Gasteiger partial charge is 0.336 e. The number of rotatable bonds is 6. The third-order valence-electron chi connectivity index (χ3n) is 3.63. The number of benzene rings is 2. The Morgan fingerprint density at radius 1 is 0.957 bits per heavy atom. The van der Waals surface area contributed by atoms with E-state index in [1.165, 1.54) is 0 Å². The molecule has 0 heterocycles. The van der Waals surface area contributed by atoms with Gasteiger partial charge >= 0.3 is 5.97 Å². The first-order valence-electron chi connectivity index (χ1n) is 7.70. The molecule has 0 unspecified atom stereocenters. The highest BCUT2D eigenvalue weighted by molar-refractivity contribution is 6.04. The number of nitrogens with one attached hydrogen (secondary N) is 1. The second kappa shape index (κ2) is 7.58. The van der Waals surface area contributed by atoms with Crippen molar-refractivity contribution in [2.45, 2.75) is 20.3 Å². The molecule has 0 aliphatic carbocycles. The van der Waals surface area contributed by atoms with Crippen molar-refractivity contribution < 1.29 is 14.7 Å². The van der Waals surface area contributed by atoms with Crippen LogP contribution in [0.1, 0.15) is 41.0 Å². The molecule has 2 aromatic carbocycles. The summed E-state index contributed by atoms with van der Waals surface area (Å²) in [7, 11) is 0. The fourth-order valence-corrected chi connectivity index (χ4v) is 2.39. The molecule has 2 N–H and O–H groups in total. The minimum absolute atomic E-state index is 0.179. The molecule has 0 saturated carbocycles. The normalized spacial score (nSPS) is 10.6. The summed E-state index contributed by atoms with van der Waals surface area (Å²) in [5.74, 6) is -0.671. The van der Waals surface area contributed by atoms with Gasteiger partial charge in [-0.2, -0.15) is 0 Å². The number of hydrogen-bond donors (Lipinski definition) is 2. The van der Waals surface area contributed by atoms with Gasteiger partial charge in [0.1, 0.15) is 0 Å². The first-order chi connectivity index (χ1) is 11.0. The van der Waals surface area contributed by atoms with E-state index in [1.54, 1.807) is 48.5 Å². The molecule has 0 aliphatic rings. The van der Waals surface area contributed by atoms with Gasteiger partial charge in [-0.15, -0.1) is 0 Å². The Bertz CT molecular complexity index is 707. The molecule has 0 saturated heterocycles. The molecular formula is C19H21NO3. The number of carboxylic acid groups (broad SMARTS) is 1. The Morgan fingerprint density at radius 3 is 2.04 bits per heavy atom. The van der Waals surface area contributed by atoms with Crippen molar-refractivity contribution in [1.82, 2.24) is 5.32 Å². The van der Waals surface area contributed by atoms with Crippen LogP contribution < -0.4 is 5.32 Å². The summed E-state index contributed by atoms with van der Waals surface area (Å²) in [4.78, 5) is 23.9. The van der Waals surface area contributed by atoms with Crippen LogP contribution in [-0.2, 0) is 0 Å². The van der Waals surface area contributed by atoms with Gasteiger partial charge in [-0.1, -0.05) is 50.2 Å². The molecule has 0 radical (unpaired) electrons. The van der Waals surface area contributed by atoms with E-state index in [4.69, 9.17) is 0 Å². The topological polar surface area (TPSA) is 66.4 Å². The summed E-state index contributed by atoms with van der Waals surface area (Å²) in [5.41, 5.74) is 1.86. The van der Waals surface area contributed by atoms with E-state index in [-0.39, 0.29) is 11.5 Å². The lowest BCUT2D eigenvalue weighted by Crippen LogP contribution is -2.26. The van der Waals surface area contributed by atoms with E-state index in [0.717, 1.165) is 6.42 Å². The van der Waals surface area contributed by atoms with Crippen LogP contribution in [0.15, 0.2) is 48.5 Å². The molecule has 23 heavy (non-hydrogen) atoms. The molecule has 0 bridgehead atoms. The fraction of sp³-hybridized carbons (Fsp3) is 0.263. The maximum Gasteiger partial charge on any atom is 0.336 e. The third kappa shape index (κ3) is 4.19. The standard InChI is InChI=1S/C19H21NO3/c1-13(2)11-12-20-18(21)16-9-5-3-7-14(16)15-8-4-6-10-17(15)19(22)23/h3-10,13H,11-12H2,1-2H3,(H,20,21)(H,22,23). The zero-order valence-corrected chi connectivity index (χ0v) is 13.4. The Morgan fingerprint density at radius 2 is 1.48 bits per heavy atom. The first kappa shape index (κ1) is 16.7. The Hall–Kier alpha value is -2.62. The van der Waals surface area contributed by atoms with Crippen molar-refractivity contribution in [2.75, 3.05) is 6.54 Å². The van der Waals surface area contributed by atoms with Gasteiger partial charge in [0.25, 0.3) is 5.91 Å². The second-order valence-corrected chi connectivity index (χ2v) is 5.83. The van der Waals surface area contributed by atoms with Crippen LogP contribution in [0.2, 0.25) is 0 Å². The van der Waals surface area contributed by atoms with Crippen molar-refractivity contribution in [3.05, 3.63) is 59.7 Å². The van der Waals surface area contributed by atoms with Gasteiger partial charge in [-0.25, -0.2) is 4.79 Å². The van der Waals surface area contributed by atoms with Crippen LogP contribution in [-0.4, -0.2) is 23.5 Å². The van der Waals surface area contributed by atoms with Gasteiger partial charge in [-0.05, 0) is 35.6 Å². The van der Waals surface area contributed by atoms with Gasteiger partial charge in [0.2, 0.25) is 0 Å². The predicted octanol–water partition coefficient (Wildman–Crippen LogP) is 3.83. The van der Waals surface area contributed by atoms with Crippen LogP contribution in [0.25, 0.3) is 11.1 Å². The van der Waals surface area contributed by atoms with Crippen LogP contribution in [0.5, 0.6) is 0 Å². The highest BCUT2D eigenvalue weighted by Crippen LogP contribution is 2.27. The van der Waals surface area contributed by atoms with Crippen molar-refractivity contribution >= 4 is 11.9 Å². The monoisotopic (exact) mass is 311 g/mol. The van der Waals surface area contributed by atoms with Crippen molar-refractivity contribution in [1.29, 1.82) is 0 Å². The second-order valence-electron chi connectivity index (χ2n) is 5.83. The highest BCUT2D eigenvalue weighted by atomic mass is 16.4. The van der Waals surface area contributed by atoms with Crippen LogP contribution in [0.3, 0.4) is 0 Å². The number of hydrogen-bond acceptors (Lipinski definition) is 2. The summed E-state index contributed by atoms with van der Waals surface area (Å²) in [5, 5.41) is 12.3. The molecular weight excluding hydrogens is 290 g/mol. The van der Waals surface area contributed by atoms with Gasteiger partial charge in [0.15, 0.2) is 0 Å².